The molecule has 1 atom stereocenters. The average molecular weight is 329 g/mol. The van der Waals surface area contributed by atoms with Crippen LogP contribution in [0.4, 0.5) is 0 Å². The van der Waals surface area contributed by atoms with Crippen molar-refractivity contribution in [3.63, 3.8) is 0 Å². The lowest BCUT2D eigenvalue weighted by Crippen LogP contribution is -2.43. The minimum Gasteiger partial charge on any atom is -0.491 e. The van der Waals surface area contributed by atoms with Gasteiger partial charge in [0, 0.05) is 25.8 Å². The van der Waals surface area contributed by atoms with Crippen molar-refractivity contribution in [1.29, 1.82) is 0 Å². The van der Waals surface area contributed by atoms with E-state index in [0.29, 0.717) is 0 Å². The Labute approximate surface area is 144 Å². The Hall–Kier alpha value is -1.85. The van der Waals surface area contributed by atoms with E-state index in [1.54, 1.807) is 0 Å². The summed E-state index contributed by atoms with van der Waals surface area (Å²) in [6.07, 6.45) is 4.34. The Kier molecular flexibility index (Phi) is 5.53. The van der Waals surface area contributed by atoms with E-state index in [0.717, 1.165) is 38.5 Å². The van der Waals surface area contributed by atoms with Crippen molar-refractivity contribution < 1.29 is 9.47 Å². The number of hydrogen-bond acceptors (Lipinski definition) is 4. The van der Waals surface area contributed by atoms with Gasteiger partial charge < -0.3 is 9.47 Å². The number of rotatable bonds is 6. The quantitative estimate of drug-likeness (QED) is 0.817. The lowest BCUT2D eigenvalue weighted by Gasteiger charge is -2.33. The maximum atomic E-state index is 5.91. The van der Waals surface area contributed by atoms with Crippen molar-refractivity contribution in [3.05, 3.63) is 47.8 Å². The number of benzene rings is 1. The van der Waals surface area contributed by atoms with Crippen LogP contribution in [-0.4, -0.2) is 46.6 Å². The van der Waals surface area contributed by atoms with Gasteiger partial charge in [-0.1, -0.05) is 12.1 Å². The average Bonchev–Trinajstić information content (AvgIpc) is 2.92. The summed E-state index contributed by atoms with van der Waals surface area (Å²) in [5.41, 5.74) is 2.47. The highest BCUT2D eigenvalue weighted by molar-refractivity contribution is 5.28. The van der Waals surface area contributed by atoms with Crippen LogP contribution >= 0.6 is 0 Å². The molecule has 0 bridgehead atoms. The van der Waals surface area contributed by atoms with Gasteiger partial charge in [-0.05, 0) is 44.0 Å². The molecule has 0 aliphatic carbocycles. The molecular formula is C19H27N3O2. The van der Waals surface area contributed by atoms with Crippen LogP contribution in [0.1, 0.15) is 25.0 Å². The summed E-state index contributed by atoms with van der Waals surface area (Å²) < 4.78 is 13.7. The third kappa shape index (κ3) is 4.82. The summed E-state index contributed by atoms with van der Waals surface area (Å²) >= 11 is 0. The molecule has 1 fully saturated rings. The monoisotopic (exact) mass is 329 g/mol. The van der Waals surface area contributed by atoms with Crippen LogP contribution in [0.3, 0.4) is 0 Å². The van der Waals surface area contributed by atoms with E-state index in [1.165, 1.54) is 11.1 Å². The van der Waals surface area contributed by atoms with E-state index < -0.39 is 0 Å². The van der Waals surface area contributed by atoms with Crippen molar-refractivity contribution in [2.75, 3.05) is 19.7 Å². The molecule has 1 saturated heterocycles. The molecule has 0 radical (unpaired) electrons. The van der Waals surface area contributed by atoms with Crippen LogP contribution in [0.2, 0.25) is 0 Å². The Morgan fingerprint density at radius 3 is 3.00 bits per heavy atom. The number of nitrogens with zero attached hydrogens (tertiary/aromatic N) is 3. The molecule has 1 aromatic carbocycles. The van der Waals surface area contributed by atoms with Gasteiger partial charge in [0.25, 0.3) is 0 Å². The van der Waals surface area contributed by atoms with Crippen LogP contribution in [0.5, 0.6) is 5.75 Å². The summed E-state index contributed by atoms with van der Waals surface area (Å²) in [7, 11) is 0. The zero-order chi connectivity index (χ0) is 16.9. The molecule has 0 N–H and O–H groups in total. The van der Waals surface area contributed by atoms with Gasteiger partial charge in [-0.2, -0.15) is 5.10 Å². The highest BCUT2D eigenvalue weighted by atomic mass is 16.5. The van der Waals surface area contributed by atoms with Gasteiger partial charge >= 0.3 is 0 Å². The van der Waals surface area contributed by atoms with Crippen LogP contribution in [0, 0.1) is 6.92 Å². The number of aryl methyl sites for hydroxylation is 1. The second kappa shape index (κ2) is 7.81. The molecule has 1 aromatic heterocycles. The molecule has 5 nitrogen and oxygen atoms in total. The van der Waals surface area contributed by atoms with Crippen LogP contribution in [0.15, 0.2) is 36.7 Å². The van der Waals surface area contributed by atoms with Gasteiger partial charge in [-0.15, -0.1) is 0 Å². The normalized spacial score (nSPS) is 18.9. The number of aromatic nitrogens is 2. The van der Waals surface area contributed by atoms with Crippen molar-refractivity contribution in [2.45, 2.75) is 46.1 Å². The van der Waals surface area contributed by atoms with Crippen LogP contribution in [-0.2, 0) is 17.8 Å². The fourth-order valence-electron chi connectivity index (χ4n) is 3.06. The molecule has 2 aromatic rings. The summed E-state index contributed by atoms with van der Waals surface area (Å²) in [6.45, 7) is 10.6. The molecule has 5 heteroatoms. The fraction of sp³-hybridized carbons (Fsp3) is 0.526. The standard InChI is InChI=1S/C19H27N3O2/c1-15(2)24-18-6-4-5-17(9-18)12-21-7-8-23-19(13-21)14-22-11-16(3)10-20-22/h4-6,9-11,15,19H,7-8,12-14H2,1-3H3/t19-/m1/s1. The van der Waals surface area contributed by atoms with Crippen molar-refractivity contribution in [1.82, 2.24) is 14.7 Å². The Bertz CT molecular complexity index is 654. The zero-order valence-corrected chi connectivity index (χ0v) is 14.8. The summed E-state index contributed by atoms with van der Waals surface area (Å²) in [4.78, 5) is 2.44. The molecule has 2 heterocycles. The third-order valence-electron chi connectivity index (χ3n) is 4.05. The van der Waals surface area contributed by atoms with Crippen molar-refractivity contribution in [2.24, 2.45) is 0 Å². The highest BCUT2D eigenvalue weighted by Crippen LogP contribution is 2.18. The Morgan fingerprint density at radius 1 is 1.38 bits per heavy atom. The fourth-order valence-corrected chi connectivity index (χ4v) is 3.06. The van der Waals surface area contributed by atoms with Gasteiger partial charge in [-0.25, -0.2) is 0 Å². The molecular weight excluding hydrogens is 302 g/mol. The lowest BCUT2D eigenvalue weighted by atomic mass is 10.1. The maximum absolute atomic E-state index is 5.91. The van der Waals surface area contributed by atoms with Crippen LogP contribution in [0.25, 0.3) is 0 Å². The first-order valence-corrected chi connectivity index (χ1v) is 8.67. The van der Waals surface area contributed by atoms with Gasteiger partial charge in [0.15, 0.2) is 0 Å². The third-order valence-corrected chi connectivity index (χ3v) is 4.05. The maximum Gasteiger partial charge on any atom is 0.120 e. The van der Waals surface area contributed by atoms with Gasteiger partial charge in [0.2, 0.25) is 0 Å². The van der Waals surface area contributed by atoms with Gasteiger partial charge in [-0.3, -0.25) is 9.58 Å². The molecule has 0 unspecified atom stereocenters. The number of morpholine rings is 1. The molecule has 0 spiro atoms. The van der Waals surface area contributed by atoms with E-state index in [-0.39, 0.29) is 12.2 Å². The second-order valence-electron chi connectivity index (χ2n) is 6.78. The van der Waals surface area contributed by atoms with E-state index in [1.807, 2.05) is 16.9 Å². The van der Waals surface area contributed by atoms with E-state index >= 15 is 0 Å². The van der Waals surface area contributed by atoms with E-state index in [2.05, 4.69) is 55.2 Å². The summed E-state index contributed by atoms with van der Waals surface area (Å²) in [6, 6.07) is 8.39. The summed E-state index contributed by atoms with van der Waals surface area (Å²) in [5, 5.41) is 4.36. The topological polar surface area (TPSA) is 39.5 Å². The molecule has 24 heavy (non-hydrogen) atoms. The first kappa shape index (κ1) is 17.0. The first-order valence-electron chi connectivity index (χ1n) is 8.67. The number of ether oxygens (including phenoxy) is 2. The van der Waals surface area contributed by atoms with Crippen molar-refractivity contribution in [3.8, 4) is 5.75 Å². The Balaban J connectivity index is 1.57. The summed E-state index contributed by atoms with van der Waals surface area (Å²) in [5.74, 6) is 0.944. The smallest absolute Gasteiger partial charge is 0.120 e. The lowest BCUT2D eigenvalue weighted by molar-refractivity contribution is -0.0402. The number of hydrogen-bond donors (Lipinski definition) is 0. The van der Waals surface area contributed by atoms with E-state index in [9.17, 15) is 0 Å². The molecule has 1 aliphatic heterocycles. The molecule has 3 rings (SSSR count). The SMILES string of the molecule is Cc1cnn(C[C@H]2CN(Cc3cccc(OC(C)C)c3)CCO2)c1. The van der Waals surface area contributed by atoms with Crippen LogP contribution < -0.4 is 4.74 Å². The molecule has 130 valence electrons. The van der Waals surface area contributed by atoms with E-state index in [4.69, 9.17) is 9.47 Å². The predicted molar refractivity (Wildman–Crippen MR) is 94.2 cm³/mol. The highest BCUT2D eigenvalue weighted by Gasteiger charge is 2.21. The van der Waals surface area contributed by atoms with Gasteiger partial charge in [0.1, 0.15) is 5.75 Å². The first-order chi connectivity index (χ1) is 11.6. The minimum absolute atomic E-state index is 0.188. The largest absolute Gasteiger partial charge is 0.491 e. The second-order valence-corrected chi connectivity index (χ2v) is 6.78. The molecule has 0 amide bonds. The predicted octanol–water partition coefficient (Wildman–Crippen LogP) is 2.88. The Morgan fingerprint density at radius 2 is 2.25 bits per heavy atom. The molecule has 0 saturated carbocycles. The zero-order valence-electron chi connectivity index (χ0n) is 14.8. The van der Waals surface area contributed by atoms with Crippen molar-refractivity contribution >= 4 is 0 Å². The molecule has 1 aliphatic rings. The van der Waals surface area contributed by atoms with Gasteiger partial charge in [0.05, 0.1) is 31.6 Å². The minimum atomic E-state index is 0.188.